The SMILES string of the molecule is Cc1cc(=O)nc(NC(=O)NCCCCCCNC(=O)OCCNC(=O)[C@@H](O)[C@H](O)[C@H](O)[C@@H](O)C(=O)NCCOC(=O)NCCCCCCNC(=O)Nc2nc(=O)cc(C)[nH]2)[nH]1. The third-order valence-corrected chi connectivity index (χ3v) is 8.34. The van der Waals surface area contributed by atoms with E-state index in [1.807, 2.05) is 0 Å². The predicted molar refractivity (Wildman–Crippen MR) is 219 cm³/mol. The Hall–Kier alpha value is -6.38. The molecular weight excluding hydrogens is 824 g/mol. The first-order chi connectivity index (χ1) is 29.5. The number of nitrogens with zero attached hydrogens (tertiary/aromatic N) is 2. The zero-order chi connectivity index (χ0) is 45.9. The van der Waals surface area contributed by atoms with Crippen molar-refractivity contribution < 1.29 is 58.7 Å². The highest BCUT2D eigenvalue weighted by molar-refractivity contribution is 5.87. The number of urea groups is 2. The third kappa shape index (κ3) is 22.3. The number of aryl methyl sites for hydroxylation is 2. The Morgan fingerprint density at radius 2 is 0.871 bits per heavy atom. The van der Waals surface area contributed by atoms with Crippen molar-refractivity contribution in [3.8, 4) is 0 Å². The van der Waals surface area contributed by atoms with Gasteiger partial charge in [0.05, 0.1) is 13.1 Å². The fourth-order valence-corrected chi connectivity index (χ4v) is 5.20. The van der Waals surface area contributed by atoms with Crippen molar-refractivity contribution in [2.45, 2.75) is 89.6 Å². The number of H-pyrrole nitrogens is 2. The molecule has 0 saturated heterocycles. The molecule has 26 heteroatoms. The lowest BCUT2D eigenvalue weighted by Crippen LogP contribution is -2.55. The van der Waals surface area contributed by atoms with Crippen molar-refractivity contribution in [1.29, 1.82) is 0 Å². The average molecular weight is 883 g/mol. The Kier molecular flexibility index (Phi) is 24.2. The van der Waals surface area contributed by atoms with Crippen LogP contribution in [0, 0.1) is 13.8 Å². The number of carbonyl (C=O) groups is 6. The van der Waals surface area contributed by atoms with Crippen LogP contribution in [0.25, 0.3) is 0 Å². The Balaban J connectivity index is 1.45. The molecule has 0 aliphatic rings. The number of aromatic amines is 2. The van der Waals surface area contributed by atoms with Crippen LogP contribution >= 0.6 is 0 Å². The number of aliphatic hydroxyl groups excluding tert-OH is 4. The van der Waals surface area contributed by atoms with Crippen molar-refractivity contribution in [2.24, 2.45) is 0 Å². The largest absolute Gasteiger partial charge is 0.448 e. The lowest BCUT2D eigenvalue weighted by molar-refractivity contribution is -0.155. The minimum absolute atomic E-state index is 0.0409. The Morgan fingerprint density at radius 3 is 1.21 bits per heavy atom. The van der Waals surface area contributed by atoms with Gasteiger partial charge in [0.2, 0.25) is 11.9 Å². The van der Waals surface area contributed by atoms with Gasteiger partial charge in [0.1, 0.15) is 25.4 Å². The molecule has 2 aromatic heterocycles. The summed E-state index contributed by atoms with van der Waals surface area (Å²) in [6.45, 7) is 3.48. The molecule has 0 unspecified atom stereocenters. The van der Waals surface area contributed by atoms with E-state index in [4.69, 9.17) is 9.47 Å². The number of ether oxygens (including phenoxy) is 2. The molecule has 0 saturated carbocycles. The molecular formula is C36H58N12O14. The molecule has 346 valence electrons. The fraction of sp³-hybridized carbons (Fsp3) is 0.611. The second-order valence-electron chi connectivity index (χ2n) is 13.7. The number of nitrogens with one attached hydrogen (secondary N) is 10. The number of rotatable bonds is 27. The van der Waals surface area contributed by atoms with Crippen LogP contribution < -0.4 is 53.7 Å². The first-order valence-electron chi connectivity index (χ1n) is 19.9. The Bertz CT molecular complexity index is 1730. The molecule has 0 aliphatic heterocycles. The van der Waals surface area contributed by atoms with Crippen molar-refractivity contribution in [3.63, 3.8) is 0 Å². The molecule has 0 radical (unpaired) electrons. The summed E-state index contributed by atoms with van der Waals surface area (Å²) in [5.41, 5.74) is 0.153. The van der Waals surface area contributed by atoms with Crippen LogP contribution in [0.5, 0.6) is 0 Å². The van der Waals surface area contributed by atoms with Gasteiger partial charge in [0.15, 0.2) is 12.2 Å². The maximum atomic E-state index is 12.2. The molecule has 8 amide bonds. The van der Waals surface area contributed by atoms with Crippen molar-refractivity contribution in [3.05, 3.63) is 44.2 Å². The van der Waals surface area contributed by atoms with E-state index in [9.17, 15) is 58.8 Å². The summed E-state index contributed by atoms with van der Waals surface area (Å²) >= 11 is 0. The van der Waals surface area contributed by atoms with Crippen LogP contribution in [0.3, 0.4) is 0 Å². The highest BCUT2D eigenvalue weighted by Gasteiger charge is 2.37. The second kappa shape index (κ2) is 29.0. The van der Waals surface area contributed by atoms with E-state index in [-0.39, 0.29) is 38.2 Å². The molecule has 0 bridgehead atoms. The number of aliphatic hydroxyl groups is 4. The van der Waals surface area contributed by atoms with Crippen LogP contribution in [0.2, 0.25) is 0 Å². The smallest absolute Gasteiger partial charge is 0.407 e. The highest BCUT2D eigenvalue weighted by Crippen LogP contribution is 2.07. The molecule has 0 spiro atoms. The summed E-state index contributed by atoms with van der Waals surface area (Å²) in [5.74, 6) is -2.29. The topological polar surface area (TPSA) is 390 Å². The number of unbranched alkanes of at least 4 members (excludes halogenated alkanes) is 6. The van der Waals surface area contributed by atoms with Gasteiger partial charge in [-0.3, -0.25) is 29.8 Å². The Labute approximate surface area is 355 Å². The van der Waals surface area contributed by atoms with Crippen LogP contribution in [-0.2, 0) is 19.1 Å². The monoisotopic (exact) mass is 882 g/mol. The second-order valence-corrected chi connectivity index (χ2v) is 13.7. The van der Waals surface area contributed by atoms with Crippen LogP contribution in [0.1, 0.15) is 62.8 Å². The van der Waals surface area contributed by atoms with Gasteiger partial charge in [0, 0.05) is 49.7 Å². The molecule has 2 rings (SSSR count). The number of carbonyl (C=O) groups excluding carboxylic acids is 6. The summed E-state index contributed by atoms with van der Waals surface area (Å²) in [5, 5.41) is 60.1. The summed E-state index contributed by atoms with van der Waals surface area (Å²) in [4.78, 5) is 108. The van der Waals surface area contributed by atoms with Gasteiger partial charge in [-0.1, -0.05) is 25.7 Å². The number of aromatic nitrogens is 4. The number of hydrogen-bond donors (Lipinski definition) is 14. The Morgan fingerprint density at radius 1 is 0.532 bits per heavy atom. The van der Waals surface area contributed by atoms with Gasteiger partial charge in [-0.15, -0.1) is 0 Å². The molecule has 0 fully saturated rings. The van der Waals surface area contributed by atoms with Crippen molar-refractivity contribution in [2.75, 3.05) is 63.1 Å². The quantitative estimate of drug-likeness (QED) is 0.0418. The van der Waals surface area contributed by atoms with E-state index in [1.54, 1.807) is 13.8 Å². The van der Waals surface area contributed by atoms with Crippen molar-refractivity contribution in [1.82, 2.24) is 51.8 Å². The van der Waals surface area contributed by atoms with Gasteiger partial charge in [-0.05, 0) is 39.5 Å². The molecule has 2 heterocycles. The van der Waals surface area contributed by atoms with Gasteiger partial charge in [-0.25, -0.2) is 19.2 Å². The molecule has 2 aromatic rings. The molecule has 0 aromatic carbocycles. The predicted octanol–water partition coefficient (Wildman–Crippen LogP) is -2.34. The standard InChI is InChI=1S/C36H58N12O14/c1-21-19-23(49)45-31(43-21)47-33(57)39-11-7-3-5-9-13-41-35(59)61-17-15-37-29(55)27(53)25(51)26(52)28(54)30(56)38-16-18-62-36(60)42-14-10-6-4-8-12-40-34(58)48-32-44-22(2)20-24(50)46-32/h19-20,25-28,51-54H,3-18H2,1-2H3,(H,37,55)(H,38,56)(H,41,59)(H,42,60)(H3,39,43,45,47,49,57)(H3,40,44,46,48,50,58)/t25-,26+,27+,28-. The average Bonchev–Trinajstić information content (AvgIpc) is 3.20. The van der Waals surface area contributed by atoms with Crippen LogP contribution in [0.15, 0.2) is 21.7 Å². The van der Waals surface area contributed by atoms with Crippen LogP contribution in [-0.4, -0.2) is 153 Å². The normalized spacial score (nSPS) is 12.7. The molecule has 26 nitrogen and oxygen atoms in total. The highest BCUT2D eigenvalue weighted by atomic mass is 16.6. The van der Waals surface area contributed by atoms with Gasteiger partial charge >= 0.3 is 24.2 Å². The van der Waals surface area contributed by atoms with Gasteiger partial charge in [-0.2, -0.15) is 9.97 Å². The molecule has 62 heavy (non-hydrogen) atoms. The maximum Gasteiger partial charge on any atom is 0.407 e. The zero-order valence-corrected chi connectivity index (χ0v) is 34.5. The van der Waals surface area contributed by atoms with Gasteiger partial charge in [0.25, 0.3) is 22.9 Å². The van der Waals surface area contributed by atoms with E-state index in [2.05, 4.69) is 62.5 Å². The van der Waals surface area contributed by atoms with E-state index in [0.717, 1.165) is 25.7 Å². The van der Waals surface area contributed by atoms with Gasteiger partial charge < -0.3 is 71.8 Å². The number of alkyl carbamates (subject to hydrolysis) is 2. The third-order valence-electron chi connectivity index (χ3n) is 8.34. The fourth-order valence-electron chi connectivity index (χ4n) is 5.20. The van der Waals surface area contributed by atoms with E-state index in [1.165, 1.54) is 12.1 Å². The maximum absolute atomic E-state index is 12.2. The zero-order valence-electron chi connectivity index (χ0n) is 34.5. The summed E-state index contributed by atoms with van der Waals surface area (Å²) in [6, 6.07) is 1.56. The van der Waals surface area contributed by atoms with E-state index >= 15 is 0 Å². The summed E-state index contributed by atoms with van der Waals surface area (Å²) < 4.78 is 9.84. The molecule has 0 aliphatic carbocycles. The van der Waals surface area contributed by atoms with Crippen molar-refractivity contribution >= 4 is 48.0 Å². The minimum Gasteiger partial charge on any atom is -0.448 e. The summed E-state index contributed by atoms with van der Waals surface area (Å²) in [7, 11) is 0. The number of amides is 8. The summed E-state index contributed by atoms with van der Waals surface area (Å²) in [6.07, 6.45) is -5.14. The first kappa shape index (κ1) is 51.8. The number of anilines is 2. The van der Waals surface area contributed by atoms with E-state index in [0.29, 0.717) is 63.3 Å². The first-order valence-corrected chi connectivity index (χ1v) is 19.9. The molecule has 4 atom stereocenters. The van der Waals surface area contributed by atoms with Crippen LogP contribution in [0.4, 0.5) is 31.1 Å². The minimum atomic E-state index is -2.29. The number of hydrogen-bond acceptors (Lipinski definition) is 16. The lowest BCUT2D eigenvalue weighted by Gasteiger charge is -2.25. The lowest BCUT2D eigenvalue weighted by atomic mass is 10.0. The molecule has 14 N–H and O–H groups in total. The van der Waals surface area contributed by atoms with E-state index < -0.39 is 71.6 Å².